The average molecular weight is 390 g/mol. The summed E-state index contributed by atoms with van der Waals surface area (Å²) in [5.74, 6) is -0.105. The fourth-order valence-corrected chi connectivity index (χ4v) is 2.45. The Labute approximate surface area is 163 Å². The number of alkyl halides is 2. The fourth-order valence-electron chi connectivity index (χ4n) is 2.45. The minimum atomic E-state index is -2.93. The van der Waals surface area contributed by atoms with Crippen molar-refractivity contribution in [2.24, 2.45) is 0 Å². The first-order valence-corrected chi connectivity index (χ1v) is 8.83. The SMILES string of the molecule is CCOc1cc(/C=C/C(=O)NCc2cccc(N(C)C)c2)ccc1OC(F)F. The van der Waals surface area contributed by atoms with Crippen LogP contribution in [0, 0.1) is 0 Å². The van der Waals surface area contributed by atoms with E-state index < -0.39 is 6.61 Å². The molecule has 2 aromatic rings. The molecule has 1 N–H and O–H groups in total. The summed E-state index contributed by atoms with van der Waals surface area (Å²) < 4.78 is 34.6. The van der Waals surface area contributed by atoms with E-state index in [1.165, 1.54) is 12.1 Å². The van der Waals surface area contributed by atoms with Gasteiger partial charge in [-0.05, 0) is 48.4 Å². The van der Waals surface area contributed by atoms with Crippen LogP contribution in [0.15, 0.2) is 48.5 Å². The van der Waals surface area contributed by atoms with Crippen LogP contribution in [0.4, 0.5) is 14.5 Å². The van der Waals surface area contributed by atoms with E-state index in [0.717, 1.165) is 11.3 Å². The Morgan fingerprint density at radius 2 is 1.96 bits per heavy atom. The zero-order chi connectivity index (χ0) is 20.5. The lowest BCUT2D eigenvalue weighted by molar-refractivity contribution is -0.116. The summed E-state index contributed by atoms with van der Waals surface area (Å²) in [6, 6.07) is 12.4. The molecule has 0 bridgehead atoms. The molecule has 0 saturated carbocycles. The van der Waals surface area contributed by atoms with E-state index in [0.29, 0.717) is 18.7 Å². The third-order valence-corrected chi connectivity index (χ3v) is 3.80. The van der Waals surface area contributed by atoms with Crippen molar-refractivity contribution < 1.29 is 23.0 Å². The number of rotatable bonds is 9. The lowest BCUT2D eigenvalue weighted by atomic mass is 10.1. The Morgan fingerprint density at radius 1 is 1.18 bits per heavy atom. The molecule has 0 unspecified atom stereocenters. The maximum atomic E-state index is 12.4. The number of nitrogens with zero attached hydrogens (tertiary/aromatic N) is 1. The molecule has 0 spiro atoms. The van der Waals surface area contributed by atoms with Crippen LogP contribution in [0.3, 0.4) is 0 Å². The topological polar surface area (TPSA) is 50.8 Å². The van der Waals surface area contributed by atoms with Crippen molar-refractivity contribution in [1.29, 1.82) is 0 Å². The number of amides is 1. The predicted octanol–water partition coefficient (Wildman–Crippen LogP) is 4.08. The molecule has 0 aliphatic rings. The molecule has 0 heterocycles. The van der Waals surface area contributed by atoms with Crippen LogP contribution in [0.1, 0.15) is 18.1 Å². The summed E-state index contributed by atoms with van der Waals surface area (Å²) in [4.78, 5) is 14.1. The quantitative estimate of drug-likeness (QED) is 0.656. The van der Waals surface area contributed by atoms with Crippen molar-refractivity contribution in [3.63, 3.8) is 0 Å². The van der Waals surface area contributed by atoms with Crippen molar-refractivity contribution in [3.05, 3.63) is 59.7 Å². The maximum absolute atomic E-state index is 12.4. The summed E-state index contributed by atoms with van der Waals surface area (Å²) in [6.45, 7) is -0.486. The number of carbonyl (C=O) groups excluding carboxylic acids is 1. The summed E-state index contributed by atoms with van der Waals surface area (Å²) in [6.07, 6.45) is 2.97. The van der Waals surface area contributed by atoms with Gasteiger partial charge >= 0.3 is 6.61 Å². The molecule has 0 aliphatic heterocycles. The Kier molecular flexibility index (Phi) is 7.80. The van der Waals surface area contributed by atoms with Gasteiger partial charge in [-0.3, -0.25) is 4.79 Å². The van der Waals surface area contributed by atoms with Crippen LogP contribution >= 0.6 is 0 Å². The molecule has 5 nitrogen and oxygen atoms in total. The van der Waals surface area contributed by atoms with Gasteiger partial charge in [-0.1, -0.05) is 18.2 Å². The van der Waals surface area contributed by atoms with Gasteiger partial charge in [0.05, 0.1) is 6.61 Å². The number of hydrogen-bond acceptors (Lipinski definition) is 4. The molecular formula is C21H24F2N2O3. The molecule has 28 heavy (non-hydrogen) atoms. The van der Waals surface area contributed by atoms with Crippen molar-refractivity contribution in [2.45, 2.75) is 20.1 Å². The molecule has 2 aromatic carbocycles. The summed E-state index contributed by atoms with van der Waals surface area (Å²) in [5, 5.41) is 2.81. The number of ether oxygens (including phenoxy) is 2. The van der Waals surface area contributed by atoms with Crippen molar-refractivity contribution in [2.75, 3.05) is 25.6 Å². The highest BCUT2D eigenvalue weighted by Gasteiger charge is 2.11. The highest BCUT2D eigenvalue weighted by molar-refractivity contribution is 5.91. The fraction of sp³-hybridized carbons (Fsp3) is 0.286. The molecule has 0 radical (unpaired) electrons. The number of nitrogens with one attached hydrogen (secondary N) is 1. The van der Waals surface area contributed by atoms with Crippen LogP contribution in [-0.4, -0.2) is 33.2 Å². The van der Waals surface area contributed by atoms with Gasteiger partial charge in [0, 0.05) is 32.4 Å². The zero-order valence-electron chi connectivity index (χ0n) is 16.1. The van der Waals surface area contributed by atoms with Gasteiger partial charge in [0.1, 0.15) is 0 Å². The lowest BCUT2D eigenvalue weighted by Crippen LogP contribution is -2.20. The maximum Gasteiger partial charge on any atom is 0.387 e. The minimum Gasteiger partial charge on any atom is -0.490 e. The number of carbonyl (C=O) groups is 1. The van der Waals surface area contributed by atoms with Crippen LogP contribution in [0.5, 0.6) is 11.5 Å². The highest BCUT2D eigenvalue weighted by atomic mass is 19.3. The first-order valence-electron chi connectivity index (χ1n) is 8.83. The molecule has 0 atom stereocenters. The van der Waals surface area contributed by atoms with Gasteiger partial charge < -0.3 is 19.7 Å². The van der Waals surface area contributed by atoms with E-state index in [1.54, 1.807) is 25.1 Å². The lowest BCUT2D eigenvalue weighted by Gasteiger charge is -2.13. The van der Waals surface area contributed by atoms with Crippen LogP contribution < -0.4 is 19.7 Å². The third kappa shape index (κ3) is 6.57. The summed E-state index contributed by atoms with van der Waals surface area (Å²) in [7, 11) is 3.91. The Balaban J connectivity index is 1.99. The molecule has 7 heteroatoms. The van der Waals surface area contributed by atoms with Gasteiger partial charge in [0.25, 0.3) is 0 Å². The number of anilines is 1. The van der Waals surface area contributed by atoms with Gasteiger partial charge in [0.2, 0.25) is 5.91 Å². The number of halogens is 2. The Bertz CT molecular complexity index is 823. The molecule has 0 fully saturated rings. The van der Waals surface area contributed by atoms with E-state index in [1.807, 2.05) is 43.3 Å². The van der Waals surface area contributed by atoms with E-state index in [-0.39, 0.29) is 17.4 Å². The molecule has 1 amide bonds. The van der Waals surface area contributed by atoms with Gasteiger partial charge in [-0.2, -0.15) is 8.78 Å². The van der Waals surface area contributed by atoms with Crippen molar-refractivity contribution in [1.82, 2.24) is 5.32 Å². The monoisotopic (exact) mass is 390 g/mol. The van der Waals surface area contributed by atoms with Gasteiger partial charge in [0.15, 0.2) is 11.5 Å². The van der Waals surface area contributed by atoms with E-state index >= 15 is 0 Å². The third-order valence-electron chi connectivity index (χ3n) is 3.80. The second kappa shape index (κ2) is 10.3. The molecule has 0 aromatic heterocycles. The van der Waals surface area contributed by atoms with Crippen LogP contribution in [0.2, 0.25) is 0 Å². The Morgan fingerprint density at radius 3 is 2.64 bits per heavy atom. The zero-order valence-corrected chi connectivity index (χ0v) is 16.1. The van der Waals surface area contributed by atoms with Crippen molar-refractivity contribution >= 4 is 17.7 Å². The molecule has 0 aliphatic carbocycles. The first kappa shape index (κ1) is 21.2. The van der Waals surface area contributed by atoms with Gasteiger partial charge in [-0.25, -0.2) is 0 Å². The van der Waals surface area contributed by atoms with Crippen LogP contribution in [0.25, 0.3) is 6.08 Å². The first-order chi connectivity index (χ1) is 13.4. The molecule has 2 rings (SSSR count). The predicted molar refractivity (Wildman–Crippen MR) is 106 cm³/mol. The smallest absolute Gasteiger partial charge is 0.387 e. The molecular weight excluding hydrogens is 366 g/mol. The average Bonchev–Trinajstić information content (AvgIpc) is 2.66. The standard InChI is InChI=1S/C21H24F2N2O3/c1-4-27-19-13-15(8-10-18(19)28-21(22)23)9-11-20(26)24-14-16-6-5-7-17(12-16)25(2)3/h5-13,21H,4,14H2,1-3H3,(H,24,26)/b11-9+. The highest BCUT2D eigenvalue weighted by Crippen LogP contribution is 2.30. The largest absolute Gasteiger partial charge is 0.490 e. The molecule has 150 valence electrons. The van der Waals surface area contributed by atoms with E-state index in [4.69, 9.17) is 4.74 Å². The minimum absolute atomic E-state index is 0.0424. The normalized spacial score (nSPS) is 10.9. The number of hydrogen-bond donors (Lipinski definition) is 1. The second-order valence-corrected chi connectivity index (χ2v) is 6.13. The van der Waals surface area contributed by atoms with Crippen LogP contribution in [-0.2, 0) is 11.3 Å². The van der Waals surface area contributed by atoms with E-state index in [9.17, 15) is 13.6 Å². The van der Waals surface area contributed by atoms with E-state index in [2.05, 4.69) is 10.1 Å². The van der Waals surface area contributed by atoms with Gasteiger partial charge in [-0.15, -0.1) is 0 Å². The second-order valence-electron chi connectivity index (χ2n) is 6.13. The summed E-state index contributed by atoms with van der Waals surface area (Å²) in [5.41, 5.74) is 2.67. The summed E-state index contributed by atoms with van der Waals surface area (Å²) >= 11 is 0. The molecule has 0 saturated heterocycles. The Hall–Kier alpha value is -3.09. The van der Waals surface area contributed by atoms with Crippen molar-refractivity contribution in [3.8, 4) is 11.5 Å². The number of benzene rings is 2.